The van der Waals surface area contributed by atoms with Crippen LogP contribution in [0.2, 0.25) is 0 Å². The largest absolute Gasteiger partial charge is 0.329 e. The molecule has 0 spiro atoms. The third kappa shape index (κ3) is 2.42. The number of fused-ring (bicyclic) bond motifs is 4. The molecule has 0 aliphatic carbocycles. The number of rotatable bonds is 3. The molecule has 1 atom stereocenters. The summed E-state index contributed by atoms with van der Waals surface area (Å²) < 4.78 is 2.33. The molecule has 3 aliphatic heterocycles. The summed E-state index contributed by atoms with van der Waals surface area (Å²) in [6, 6.07) is 11.2. The zero-order valence-corrected chi connectivity index (χ0v) is 13.8. The molecule has 0 N–H and O–H groups in total. The topological polar surface area (TPSA) is 34.0 Å². The summed E-state index contributed by atoms with van der Waals surface area (Å²) in [6.45, 7) is 3.60. The molecule has 6 rings (SSSR count). The Labute approximate surface area is 142 Å². The highest BCUT2D eigenvalue weighted by Crippen LogP contribution is 2.33. The summed E-state index contributed by atoms with van der Waals surface area (Å²) in [5, 5.41) is 1.18. The number of hydrogen-bond acceptors (Lipinski definition) is 3. The van der Waals surface area contributed by atoms with E-state index in [1.165, 1.54) is 37.7 Å². The number of hydrogen-bond donors (Lipinski definition) is 0. The van der Waals surface area contributed by atoms with Crippen LogP contribution in [-0.2, 0) is 6.54 Å². The van der Waals surface area contributed by atoms with E-state index in [9.17, 15) is 0 Å². The third-order valence-corrected chi connectivity index (χ3v) is 5.76. The summed E-state index contributed by atoms with van der Waals surface area (Å²) in [5.41, 5.74) is 2.19. The van der Waals surface area contributed by atoms with Gasteiger partial charge in [0.05, 0.1) is 5.52 Å². The molecule has 24 heavy (non-hydrogen) atoms. The van der Waals surface area contributed by atoms with Crippen molar-refractivity contribution in [3.8, 4) is 11.4 Å². The molecule has 3 fully saturated rings. The Kier molecular flexibility index (Phi) is 3.37. The second-order valence-electron chi connectivity index (χ2n) is 7.18. The molecule has 2 aromatic heterocycles. The average molecular weight is 318 g/mol. The number of aromatic nitrogens is 3. The number of imidazole rings is 1. The maximum Gasteiger partial charge on any atom is 0.140 e. The molecule has 0 saturated carbocycles. The van der Waals surface area contributed by atoms with E-state index < -0.39 is 0 Å². The van der Waals surface area contributed by atoms with E-state index >= 15 is 0 Å². The van der Waals surface area contributed by atoms with Crippen molar-refractivity contribution >= 4 is 10.9 Å². The van der Waals surface area contributed by atoms with E-state index in [0.29, 0.717) is 6.04 Å². The summed E-state index contributed by atoms with van der Waals surface area (Å²) in [6.07, 6.45) is 10.0. The second-order valence-corrected chi connectivity index (χ2v) is 7.18. The maximum atomic E-state index is 4.64. The van der Waals surface area contributed by atoms with Crippen LogP contribution < -0.4 is 0 Å². The summed E-state index contributed by atoms with van der Waals surface area (Å²) >= 11 is 0. The van der Waals surface area contributed by atoms with Crippen LogP contribution in [0.3, 0.4) is 0 Å². The van der Waals surface area contributed by atoms with Gasteiger partial charge in [-0.1, -0.05) is 18.2 Å². The van der Waals surface area contributed by atoms with Crippen molar-refractivity contribution in [1.29, 1.82) is 0 Å². The fourth-order valence-corrected chi connectivity index (χ4v) is 4.43. The molecule has 1 aromatic carbocycles. The average Bonchev–Trinajstić information content (AvgIpc) is 3.10. The molecule has 3 aromatic rings. The minimum absolute atomic E-state index is 0.670. The van der Waals surface area contributed by atoms with Crippen molar-refractivity contribution in [2.45, 2.75) is 31.8 Å². The van der Waals surface area contributed by atoms with E-state index in [-0.39, 0.29) is 0 Å². The van der Waals surface area contributed by atoms with Gasteiger partial charge in [-0.2, -0.15) is 0 Å². The first kappa shape index (κ1) is 14.2. The molecular weight excluding hydrogens is 296 g/mol. The monoisotopic (exact) mass is 318 g/mol. The van der Waals surface area contributed by atoms with Crippen molar-refractivity contribution in [3.63, 3.8) is 0 Å². The lowest BCUT2D eigenvalue weighted by molar-refractivity contribution is 0.0408. The Morgan fingerprint density at radius 2 is 1.96 bits per heavy atom. The van der Waals surface area contributed by atoms with Crippen LogP contribution in [-0.4, -0.2) is 38.6 Å². The number of nitrogens with zero attached hydrogens (tertiary/aromatic N) is 4. The van der Waals surface area contributed by atoms with Gasteiger partial charge in [0.2, 0.25) is 0 Å². The van der Waals surface area contributed by atoms with Gasteiger partial charge in [0, 0.05) is 42.1 Å². The van der Waals surface area contributed by atoms with E-state index in [2.05, 4.69) is 49.9 Å². The first-order valence-electron chi connectivity index (χ1n) is 8.97. The van der Waals surface area contributed by atoms with E-state index in [0.717, 1.165) is 29.4 Å². The van der Waals surface area contributed by atoms with Crippen LogP contribution >= 0.6 is 0 Å². The van der Waals surface area contributed by atoms with Crippen LogP contribution in [0.4, 0.5) is 0 Å². The van der Waals surface area contributed by atoms with Gasteiger partial charge in [0.15, 0.2) is 0 Å². The first-order chi connectivity index (χ1) is 11.9. The predicted molar refractivity (Wildman–Crippen MR) is 95.7 cm³/mol. The van der Waals surface area contributed by atoms with Crippen molar-refractivity contribution in [1.82, 2.24) is 19.4 Å². The van der Waals surface area contributed by atoms with Crippen LogP contribution in [0.5, 0.6) is 0 Å². The SMILES string of the molecule is c1cnc2cc(-c3nccn3CC3CC4CCN3CC4)ccc2c1. The van der Waals surface area contributed by atoms with Crippen LogP contribution in [0.25, 0.3) is 22.3 Å². The summed E-state index contributed by atoms with van der Waals surface area (Å²) in [7, 11) is 0. The zero-order chi connectivity index (χ0) is 15.9. The molecular formula is C20H22N4. The second kappa shape index (κ2) is 5.71. The molecule has 3 saturated heterocycles. The zero-order valence-electron chi connectivity index (χ0n) is 13.8. The quantitative estimate of drug-likeness (QED) is 0.740. The van der Waals surface area contributed by atoms with Gasteiger partial charge in [-0.25, -0.2) is 4.98 Å². The van der Waals surface area contributed by atoms with Crippen molar-refractivity contribution in [2.24, 2.45) is 5.92 Å². The van der Waals surface area contributed by atoms with E-state index in [4.69, 9.17) is 0 Å². The van der Waals surface area contributed by atoms with Crippen LogP contribution in [0.15, 0.2) is 48.9 Å². The lowest BCUT2D eigenvalue weighted by atomic mass is 9.83. The van der Waals surface area contributed by atoms with Gasteiger partial charge < -0.3 is 4.57 Å². The lowest BCUT2D eigenvalue weighted by Crippen LogP contribution is -2.50. The summed E-state index contributed by atoms with van der Waals surface area (Å²) in [5.74, 6) is 2.00. The van der Waals surface area contributed by atoms with Gasteiger partial charge in [0.1, 0.15) is 5.82 Å². The fourth-order valence-electron chi connectivity index (χ4n) is 4.43. The van der Waals surface area contributed by atoms with E-state index in [1.54, 1.807) is 0 Å². The van der Waals surface area contributed by atoms with Crippen molar-refractivity contribution < 1.29 is 0 Å². The Bertz CT molecular complexity index is 861. The van der Waals surface area contributed by atoms with Crippen LogP contribution in [0.1, 0.15) is 19.3 Å². The Morgan fingerprint density at radius 1 is 1.04 bits per heavy atom. The van der Waals surface area contributed by atoms with Gasteiger partial charge in [-0.05, 0) is 50.4 Å². The van der Waals surface area contributed by atoms with Crippen molar-refractivity contribution in [2.75, 3.05) is 13.1 Å². The lowest BCUT2D eigenvalue weighted by Gasteiger charge is -2.45. The minimum Gasteiger partial charge on any atom is -0.329 e. The maximum absolute atomic E-state index is 4.64. The van der Waals surface area contributed by atoms with Crippen LogP contribution in [0, 0.1) is 5.92 Å². The Morgan fingerprint density at radius 3 is 2.79 bits per heavy atom. The van der Waals surface area contributed by atoms with Crippen molar-refractivity contribution in [3.05, 3.63) is 48.9 Å². The number of benzene rings is 1. The normalized spacial score (nSPS) is 26.1. The van der Waals surface area contributed by atoms with Gasteiger partial charge in [-0.3, -0.25) is 9.88 Å². The van der Waals surface area contributed by atoms with Gasteiger partial charge >= 0.3 is 0 Å². The molecule has 5 heterocycles. The first-order valence-corrected chi connectivity index (χ1v) is 8.97. The standard InChI is InChI=1S/C20H22N4/c1-2-16-3-4-17(13-19(16)21-7-1)20-22-8-11-24(20)14-18-12-15-5-9-23(18)10-6-15/h1-4,7-8,11,13,15,18H,5-6,9-10,12,14H2. The predicted octanol–water partition coefficient (Wildman–Crippen LogP) is 3.58. The molecule has 122 valence electrons. The molecule has 4 nitrogen and oxygen atoms in total. The van der Waals surface area contributed by atoms with Gasteiger partial charge in [0.25, 0.3) is 0 Å². The number of piperidine rings is 3. The Hall–Kier alpha value is -2.20. The molecule has 0 amide bonds. The smallest absolute Gasteiger partial charge is 0.140 e. The Balaban J connectivity index is 1.45. The highest BCUT2D eigenvalue weighted by Gasteiger charge is 2.33. The summed E-state index contributed by atoms with van der Waals surface area (Å²) in [4.78, 5) is 11.8. The fraction of sp³-hybridized carbons (Fsp3) is 0.400. The molecule has 1 unspecified atom stereocenters. The molecule has 0 radical (unpaired) electrons. The minimum atomic E-state index is 0.670. The highest BCUT2D eigenvalue weighted by molar-refractivity contribution is 5.82. The molecule has 4 heteroatoms. The van der Waals surface area contributed by atoms with E-state index in [1.807, 2.05) is 18.5 Å². The molecule has 2 bridgehead atoms. The number of pyridine rings is 1. The third-order valence-electron chi connectivity index (χ3n) is 5.76. The molecule has 3 aliphatic rings. The van der Waals surface area contributed by atoms with Gasteiger partial charge in [-0.15, -0.1) is 0 Å². The highest BCUT2D eigenvalue weighted by atomic mass is 15.2.